The molecule has 1 aromatic carbocycles. The molecule has 1 aromatic heterocycles. The van der Waals surface area contributed by atoms with Gasteiger partial charge in [-0.25, -0.2) is 0 Å². The second-order valence-electron chi connectivity index (χ2n) is 4.09. The van der Waals surface area contributed by atoms with Crippen LogP contribution in [0.15, 0.2) is 36.7 Å². The van der Waals surface area contributed by atoms with Crippen LogP contribution >= 0.6 is 12.4 Å². The first-order valence-electron chi connectivity index (χ1n) is 5.67. The van der Waals surface area contributed by atoms with Crippen LogP contribution in [0.5, 0.6) is 0 Å². The van der Waals surface area contributed by atoms with Gasteiger partial charge in [0.25, 0.3) is 0 Å². The van der Waals surface area contributed by atoms with E-state index < -0.39 is 0 Å². The van der Waals surface area contributed by atoms with Gasteiger partial charge in [-0.15, -0.1) is 12.4 Å². The molecule has 2 rings (SSSR count). The molecule has 3 N–H and O–H groups in total. The lowest BCUT2D eigenvalue weighted by Crippen LogP contribution is -2.23. The predicted molar refractivity (Wildman–Crippen MR) is 75.5 cm³/mol. The molecule has 0 saturated carbocycles. The molecular weight excluding hydrogens is 266 g/mol. The number of carbonyl (C=O) groups is 1. The fraction of sp³-hybridized carbons (Fsp3) is 0.250. The van der Waals surface area contributed by atoms with E-state index in [0.29, 0.717) is 6.42 Å². The molecule has 0 fully saturated rings. The number of nitrogens with one attached hydrogen (secondary N) is 1. The van der Waals surface area contributed by atoms with Crippen molar-refractivity contribution in [2.45, 2.75) is 19.4 Å². The molecular formula is C12H16ClN5O. The van der Waals surface area contributed by atoms with Crippen molar-refractivity contribution in [3.05, 3.63) is 36.7 Å². The first-order valence-corrected chi connectivity index (χ1v) is 5.67. The Morgan fingerprint density at radius 2 is 1.89 bits per heavy atom. The van der Waals surface area contributed by atoms with Crippen molar-refractivity contribution in [1.82, 2.24) is 15.0 Å². The minimum atomic E-state index is -0.141. The first kappa shape index (κ1) is 15.1. The van der Waals surface area contributed by atoms with Crippen molar-refractivity contribution < 1.29 is 4.79 Å². The second-order valence-corrected chi connectivity index (χ2v) is 4.09. The lowest BCUT2D eigenvalue weighted by atomic mass is 10.2. The van der Waals surface area contributed by atoms with Crippen molar-refractivity contribution in [2.24, 2.45) is 5.73 Å². The first-order chi connectivity index (χ1) is 8.65. The van der Waals surface area contributed by atoms with Gasteiger partial charge >= 0.3 is 0 Å². The Bertz CT molecular complexity index is 509. The fourth-order valence-corrected chi connectivity index (χ4v) is 1.53. The van der Waals surface area contributed by atoms with Crippen LogP contribution in [0.4, 0.5) is 5.69 Å². The summed E-state index contributed by atoms with van der Waals surface area (Å²) < 4.78 is 0. The third kappa shape index (κ3) is 4.35. The minimum absolute atomic E-state index is 0. The van der Waals surface area contributed by atoms with Crippen LogP contribution in [0, 0.1) is 0 Å². The topological polar surface area (TPSA) is 85.8 Å². The van der Waals surface area contributed by atoms with Gasteiger partial charge in [0.05, 0.1) is 18.1 Å². The van der Waals surface area contributed by atoms with Crippen LogP contribution in [0.25, 0.3) is 5.69 Å². The highest BCUT2D eigenvalue weighted by Crippen LogP contribution is 2.12. The van der Waals surface area contributed by atoms with Crippen LogP contribution in [-0.2, 0) is 4.79 Å². The number of hydrogen-bond acceptors (Lipinski definition) is 4. The van der Waals surface area contributed by atoms with Crippen LogP contribution in [0.1, 0.15) is 13.3 Å². The van der Waals surface area contributed by atoms with Crippen molar-refractivity contribution >= 4 is 24.0 Å². The van der Waals surface area contributed by atoms with Gasteiger partial charge in [-0.05, 0) is 31.2 Å². The molecule has 1 atom stereocenters. The maximum atomic E-state index is 11.5. The van der Waals surface area contributed by atoms with Crippen LogP contribution in [-0.4, -0.2) is 26.9 Å². The maximum Gasteiger partial charge on any atom is 0.225 e. The smallest absolute Gasteiger partial charge is 0.225 e. The summed E-state index contributed by atoms with van der Waals surface area (Å²) in [6.07, 6.45) is 3.53. The van der Waals surface area contributed by atoms with E-state index in [-0.39, 0.29) is 24.4 Å². The summed E-state index contributed by atoms with van der Waals surface area (Å²) in [5, 5.41) is 10.8. The summed E-state index contributed by atoms with van der Waals surface area (Å²) in [5.74, 6) is -0.0880. The van der Waals surface area contributed by atoms with Crippen LogP contribution in [0.2, 0.25) is 0 Å². The number of benzene rings is 1. The van der Waals surface area contributed by atoms with E-state index in [4.69, 9.17) is 5.73 Å². The molecule has 2 aromatic rings. The Balaban J connectivity index is 0.00000180. The molecule has 1 heterocycles. The number of aromatic nitrogens is 3. The highest BCUT2D eigenvalue weighted by atomic mass is 35.5. The zero-order valence-corrected chi connectivity index (χ0v) is 11.3. The van der Waals surface area contributed by atoms with Crippen molar-refractivity contribution in [3.63, 3.8) is 0 Å². The Kier molecular flexibility index (Phi) is 5.47. The van der Waals surface area contributed by atoms with Crippen LogP contribution < -0.4 is 11.1 Å². The Morgan fingerprint density at radius 1 is 1.32 bits per heavy atom. The standard InChI is InChI=1S/C12H15N5O.ClH/c1-9(13)8-12(18)16-10-2-4-11(5-3-10)17-14-6-7-15-17;/h2-7,9H,8,13H2,1H3,(H,16,18);1H. The summed E-state index contributed by atoms with van der Waals surface area (Å²) in [7, 11) is 0. The number of halogens is 1. The molecule has 6 nitrogen and oxygen atoms in total. The molecule has 102 valence electrons. The van der Waals surface area contributed by atoms with E-state index in [1.807, 2.05) is 12.1 Å². The molecule has 0 aliphatic rings. The molecule has 1 amide bonds. The summed E-state index contributed by atoms with van der Waals surface area (Å²) in [6, 6.07) is 7.14. The molecule has 0 spiro atoms. The number of carbonyl (C=O) groups excluding carboxylic acids is 1. The number of rotatable bonds is 4. The van der Waals surface area contributed by atoms with Crippen LogP contribution in [0.3, 0.4) is 0 Å². The summed E-state index contributed by atoms with van der Waals surface area (Å²) in [4.78, 5) is 13.0. The van der Waals surface area contributed by atoms with E-state index in [2.05, 4.69) is 15.5 Å². The monoisotopic (exact) mass is 281 g/mol. The number of hydrogen-bond donors (Lipinski definition) is 2. The Hall–Kier alpha value is -1.92. The number of nitrogens with two attached hydrogens (primary N) is 1. The van der Waals surface area contributed by atoms with Crippen molar-refractivity contribution in [1.29, 1.82) is 0 Å². The maximum absolute atomic E-state index is 11.5. The summed E-state index contributed by atoms with van der Waals surface area (Å²) in [6.45, 7) is 1.80. The number of anilines is 1. The summed E-state index contributed by atoms with van der Waals surface area (Å²) in [5.41, 5.74) is 7.13. The van der Waals surface area contributed by atoms with Crippen molar-refractivity contribution in [2.75, 3.05) is 5.32 Å². The third-order valence-corrected chi connectivity index (χ3v) is 2.31. The van der Waals surface area contributed by atoms with Crippen molar-refractivity contribution in [3.8, 4) is 5.69 Å². The Labute approximate surface area is 117 Å². The van der Waals surface area contributed by atoms with Gasteiger partial charge in [0.15, 0.2) is 0 Å². The fourth-order valence-electron chi connectivity index (χ4n) is 1.53. The zero-order chi connectivity index (χ0) is 13.0. The van der Waals surface area contributed by atoms with Gasteiger partial charge in [0.2, 0.25) is 5.91 Å². The zero-order valence-electron chi connectivity index (χ0n) is 10.5. The largest absolute Gasteiger partial charge is 0.327 e. The molecule has 0 bridgehead atoms. The van der Waals surface area contributed by atoms with E-state index in [0.717, 1.165) is 11.4 Å². The van der Waals surface area contributed by atoms with E-state index in [9.17, 15) is 4.79 Å². The van der Waals surface area contributed by atoms with Gasteiger partial charge < -0.3 is 11.1 Å². The highest BCUT2D eigenvalue weighted by molar-refractivity contribution is 5.91. The lowest BCUT2D eigenvalue weighted by molar-refractivity contribution is -0.116. The molecule has 0 saturated heterocycles. The predicted octanol–water partition coefficient (Wildman–Crippen LogP) is 1.36. The number of amides is 1. The normalized spacial score (nSPS) is 11.5. The summed E-state index contributed by atoms with van der Waals surface area (Å²) >= 11 is 0. The third-order valence-electron chi connectivity index (χ3n) is 2.31. The molecule has 0 aliphatic heterocycles. The van der Waals surface area contributed by atoms with Gasteiger partial charge in [-0.2, -0.15) is 15.0 Å². The molecule has 19 heavy (non-hydrogen) atoms. The highest BCUT2D eigenvalue weighted by Gasteiger charge is 2.05. The van der Waals surface area contributed by atoms with Gasteiger partial charge in [0, 0.05) is 18.2 Å². The van der Waals surface area contributed by atoms with Gasteiger partial charge in [-0.3, -0.25) is 4.79 Å². The molecule has 0 radical (unpaired) electrons. The Morgan fingerprint density at radius 3 is 2.42 bits per heavy atom. The quantitative estimate of drug-likeness (QED) is 0.886. The van der Waals surface area contributed by atoms with E-state index >= 15 is 0 Å². The van der Waals surface area contributed by atoms with Gasteiger partial charge in [0.1, 0.15) is 0 Å². The average molecular weight is 282 g/mol. The number of nitrogens with zero attached hydrogens (tertiary/aromatic N) is 3. The molecule has 7 heteroatoms. The molecule has 0 aliphatic carbocycles. The molecule has 1 unspecified atom stereocenters. The second kappa shape index (κ2) is 6.86. The van der Waals surface area contributed by atoms with E-state index in [1.165, 1.54) is 4.80 Å². The minimum Gasteiger partial charge on any atom is -0.327 e. The average Bonchev–Trinajstić information content (AvgIpc) is 2.82. The SMILES string of the molecule is CC(N)CC(=O)Nc1ccc(-n2nccn2)cc1.Cl. The van der Waals surface area contributed by atoms with Gasteiger partial charge in [-0.1, -0.05) is 0 Å². The van der Waals surface area contributed by atoms with E-state index in [1.54, 1.807) is 31.5 Å². The lowest BCUT2D eigenvalue weighted by Gasteiger charge is -2.07.